The van der Waals surface area contributed by atoms with Gasteiger partial charge in [0, 0.05) is 49.4 Å². The maximum Gasteiger partial charge on any atom is 0.204 e. The minimum atomic E-state index is 0.250. The van der Waals surface area contributed by atoms with Gasteiger partial charge in [0.15, 0.2) is 0 Å². The Hall–Kier alpha value is -2.57. The van der Waals surface area contributed by atoms with Crippen molar-refractivity contribution >= 4 is 24.0 Å². The van der Waals surface area contributed by atoms with Crippen molar-refractivity contribution in [1.82, 2.24) is 10.2 Å². The van der Waals surface area contributed by atoms with Crippen LogP contribution in [0.5, 0.6) is 0 Å². The summed E-state index contributed by atoms with van der Waals surface area (Å²) >= 11 is 2.06. The molecule has 6 heteroatoms. The number of carbonyl (C=O) groups is 1. The number of nitrogens with zero attached hydrogens (tertiary/aromatic N) is 2. The van der Waals surface area contributed by atoms with Crippen molar-refractivity contribution in [1.29, 1.82) is 0 Å². The van der Waals surface area contributed by atoms with Crippen LogP contribution in [-0.4, -0.2) is 48.8 Å². The molecule has 1 aliphatic heterocycles. The second-order valence-electron chi connectivity index (χ2n) is 7.80. The number of hydrogen-bond donors (Lipinski definition) is 2. The molecule has 0 spiro atoms. The molecule has 3 N–H and O–H groups in total. The molecule has 1 amide bonds. The quantitative estimate of drug-likeness (QED) is 0.295. The Labute approximate surface area is 217 Å². The Morgan fingerprint density at radius 1 is 1.09 bits per heavy atom. The Morgan fingerprint density at radius 3 is 2.23 bits per heavy atom. The molecular weight excluding hydrogens is 452 g/mol. The summed E-state index contributed by atoms with van der Waals surface area (Å²) in [5, 5.41) is 3.41. The molecule has 4 rings (SSSR count). The van der Waals surface area contributed by atoms with Crippen LogP contribution < -0.4 is 11.1 Å². The fourth-order valence-electron chi connectivity index (χ4n) is 3.63. The van der Waals surface area contributed by atoms with Gasteiger partial charge in [-0.2, -0.15) is 11.8 Å². The lowest BCUT2D eigenvalue weighted by Crippen LogP contribution is -2.31. The zero-order valence-corrected chi connectivity index (χ0v) is 23.0. The molecule has 192 valence electrons. The third-order valence-corrected chi connectivity index (χ3v) is 6.44. The molecule has 2 aromatic rings. The zero-order valence-electron chi connectivity index (χ0n) is 22.2. The van der Waals surface area contributed by atoms with Crippen molar-refractivity contribution in [3.63, 3.8) is 0 Å². The van der Waals surface area contributed by atoms with Crippen molar-refractivity contribution in [3.05, 3.63) is 71.9 Å². The minimum Gasteiger partial charge on any atom is -0.372 e. The second kappa shape index (κ2) is 17.8. The van der Waals surface area contributed by atoms with Crippen LogP contribution in [-0.2, 0) is 11.3 Å². The van der Waals surface area contributed by atoms with Gasteiger partial charge in [0.2, 0.25) is 6.41 Å². The van der Waals surface area contributed by atoms with E-state index in [0.717, 1.165) is 23.6 Å². The molecule has 5 nitrogen and oxygen atoms in total. The smallest absolute Gasteiger partial charge is 0.204 e. The highest BCUT2D eigenvalue weighted by Gasteiger charge is 2.25. The van der Waals surface area contributed by atoms with Crippen LogP contribution >= 0.6 is 11.8 Å². The van der Waals surface area contributed by atoms with E-state index in [1.807, 2.05) is 34.7 Å². The Bertz CT molecular complexity index is 901. The summed E-state index contributed by atoms with van der Waals surface area (Å²) < 4.78 is 0. The number of allylic oxidation sites excluding steroid dienone is 1. The van der Waals surface area contributed by atoms with Gasteiger partial charge < -0.3 is 11.1 Å². The maximum atomic E-state index is 8.58. The summed E-state index contributed by atoms with van der Waals surface area (Å²) in [5.74, 6) is 4.03. The van der Waals surface area contributed by atoms with E-state index in [1.165, 1.54) is 54.1 Å². The molecule has 2 aliphatic rings. The molecule has 1 saturated carbocycles. The summed E-state index contributed by atoms with van der Waals surface area (Å²) in [5.41, 5.74) is 10.3. The highest BCUT2D eigenvalue weighted by atomic mass is 32.2. The van der Waals surface area contributed by atoms with Crippen LogP contribution in [0, 0.1) is 5.92 Å². The molecule has 0 aromatic heterocycles. The summed E-state index contributed by atoms with van der Waals surface area (Å²) in [4.78, 5) is 15.6. The third kappa shape index (κ3) is 10.7. The van der Waals surface area contributed by atoms with Crippen molar-refractivity contribution < 1.29 is 4.79 Å². The maximum absolute atomic E-state index is 8.58. The number of primary amides is 1. The van der Waals surface area contributed by atoms with Crippen molar-refractivity contribution in [2.75, 3.05) is 31.6 Å². The van der Waals surface area contributed by atoms with Crippen LogP contribution in [0.15, 0.2) is 65.8 Å². The largest absolute Gasteiger partial charge is 0.372 e. The normalized spacial score (nSPS) is 15.2. The SMILES string of the molecule is C=C(NC(=NC)c1ccc(-c2cccc(CN3CCSCC3)c2)cc1)C1CC1.CC.CC.NC=O. The van der Waals surface area contributed by atoms with Crippen LogP contribution in [0.2, 0.25) is 0 Å². The summed E-state index contributed by atoms with van der Waals surface area (Å²) in [6.07, 6.45) is 2.74. The number of rotatable bonds is 6. The highest BCUT2D eigenvalue weighted by molar-refractivity contribution is 7.99. The Morgan fingerprint density at radius 2 is 1.69 bits per heavy atom. The van der Waals surface area contributed by atoms with Gasteiger partial charge in [0.05, 0.1) is 0 Å². The van der Waals surface area contributed by atoms with Gasteiger partial charge in [-0.15, -0.1) is 0 Å². The van der Waals surface area contributed by atoms with E-state index >= 15 is 0 Å². The number of amidine groups is 1. The van der Waals surface area contributed by atoms with Gasteiger partial charge in [-0.05, 0) is 41.5 Å². The molecule has 2 fully saturated rings. The summed E-state index contributed by atoms with van der Waals surface area (Å²) in [7, 11) is 1.83. The summed E-state index contributed by atoms with van der Waals surface area (Å²) in [6.45, 7) is 15.6. The van der Waals surface area contributed by atoms with Crippen molar-refractivity contribution in [2.45, 2.75) is 47.1 Å². The number of nitrogens with two attached hydrogens (primary N) is 1. The van der Waals surface area contributed by atoms with Crippen molar-refractivity contribution in [3.8, 4) is 11.1 Å². The number of thioether (sulfide) groups is 1. The molecule has 0 unspecified atom stereocenters. The molecule has 35 heavy (non-hydrogen) atoms. The molecule has 0 atom stereocenters. The number of carbonyl (C=O) groups excluding carboxylic acids is 1. The second-order valence-corrected chi connectivity index (χ2v) is 9.02. The standard InChI is InChI=1S/C24H29N3S.2C2H6.CH3NO/c1-18(20-6-7-20)26-24(25-2)22-10-8-21(9-11-22)23-5-3-4-19(16-23)17-27-12-14-28-15-13-27;2*1-2;2-1-3/h3-5,8-11,16,20H,1,6-7,12-15,17H2,2H3,(H,25,26);2*1-2H3;1H,(H2,2,3). The fraction of sp³-hybridized carbons (Fsp3) is 0.448. The lowest BCUT2D eigenvalue weighted by molar-refractivity contribution is -0.106. The highest BCUT2D eigenvalue weighted by Crippen LogP contribution is 2.34. The van der Waals surface area contributed by atoms with Gasteiger partial charge in [-0.1, -0.05) is 76.7 Å². The first-order chi connectivity index (χ1) is 17.1. The number of benzene rings is 2. The minimum absolute atomic E-state index is 0.250. The Balaban J connectivity index is 0.000000797. The average Bonchev–Trinajstić information content (AvgIpc) is 3.77. The molecule has 1 aliphatic carbocycles. The van der Waals surface area contributed by atoms with E-state index in [9.17, 15) is 0 Å². The van der Waals surface area contributed by atoms with Crippen LogP contribution in [0.25, 0.3) is 11.1 Å². The topological polar surface area (TPSA) is 70.7 Å². The number of hydrogen-bond acceptors (Lipinski definition) is 4. The van der Waals surface area contributed by atoms with Gasteiger partial charge in [-0.25, -0.2) is 0 Å². The number of amides is 1. The van der Waals surface area contributed by atoms with Crippen molar-refractivity contribution in [2.24, 2.45) is 16.6 Å². The monoisotopic (exact) mass is 496 g/mol. The molecular formula is C29H44N4OS. The van der Waals surface area contributed by atoms with E-state index < -0.39 is 0 Å². The lowest BCUT2D eigenvalue weighted by Gasteiger charge is -2.26. The van der Waals surface area contributed by atoms with Crippen LogP contribution in [0.1, 0.15) is 51.7 Å². The van der Waals surface area contributed by atoms with E-state index in [2.05, 4.69) is 87.8 Å². The zero-order chi connectivity index (χ0) is 26.1. The first-order valence-electron chi connectivity index (χ1n) is 12.7. The predicted molar refractivity (Wildman–Crippen MR) is 155 cm³/mol. The molecule has 2 aromatic carbocycles. The van der Waals surface area contributed by atoms with Crippen LogP contribution in [0.4, 0.5) is 0 Å². The molecule has 1 saturated heterocycles. The van der Waals surface area contributed by atoms with Gasteiger partial charge in [-0.3, -0.25) is 14.7 Å². The fourth-order valence-corrected chi connectivity index (χ4v) is 4.61. The lowest BCUT2D eigenvalue weighted by atomic mass is 10.0. The summed E-state index contributed by atoms with van der Waals surface area (Å²) in [6, 6.07) is 17.6. The molecule has 1 heterocycles. The van der Waals surface area contributed by atoms with E-state index in [1.54, 1.807) is 0 Å². The number of aliphatic imine (C=N–C) groups is 1. The van der Waals surface area contributed by atoms with Gasteiger partial charge >= 0.3 is 0 Å². The molecule has 0 radical (unpaired) electrons. The van der Waals surface area contributed by atoms with Gasteiger partial charge in [0.25, 0.3) is 0 Å². The molecule has 0 bridgehead atoms. The average molecular weight is 497 g/mol. The predicted octanol–water partition coefficient (Wildman–Crippen LogP) is 5.95. The number of nitrogens with one attached hydrogen (secondary N) is 1. The van der Waals surface area contributed by atoms with Gasteiger partial charge in [0.1, 0.15) is 5.84 Å². The Kier molecular flexibility index (Phi) is 15.5. The van der Waals surface area contributed by atoms with Crippen LogP contribution in [0.3, 0.4) is 0 Å². The third-order valence-electron chi connectivity index (χ3n) is 5.50. The van der Waals surface area contributed by atoms with E-state index in [4.69, 9.17) is 4.79 Å². The first kappa shape index (κ1) is 30.5. The first-order valence-corrected chi connectivity index (χ1v) is 13.9. The van der Waals surface area contributed by atoms with E-state index in [-0.39, 0.29) is 6.41 Å². The van der Waals surface area contributed by atoms with E-state index in [0.29, 0.717) is 5.92 Å².